The predicted octanol–water partition coefficient (Wildman–Crippen LogP) is 1.46. The van der Waals surface area contributed by atoms with Gasteiger partial charge in [-0.1, -0.05) is 12.1 Å². The lowest BCUT2D eigenvalue weighted by atomic mass is 10.0. The first-order valence-electron chi connectivity index (χ1n) is 7.51. The molecule has 2 rings (SSSR count). The average molecular weight is 308 g/mol. The largest absolute Gasteiger partial charge is 0.488 e. The second-order valence-electron chi connectivity index (χ2n) is 6.12. The van der Waals surface area contributed by atoms with Gasteiger partial charge >= 0.3 is 6.03 Å². The maximum Gasteiger partial charge on any atom is 0.314 e. The van der Waals surface area contributed by atoms with Gasteiger partial charge in [-0.25, -0.2) is 4.79 Å². The van der Waals surface area contributed by atoms with Gasteiger partial charge in [0.15, 0.2) is 11.5 Å². The zero-order valence-electron chi connectivity index (χ0n) is 13.3. The van der Waals surface area contributed by atoms with Crippen LogP contribution in [0.2, 0.25) is 0 Å². The number of aliphatic hydroxyl groups excluding tert-OH is 1. The third-order valence-corrected chi connectivity index (χ3v) is 3.26. The standard InChI is InChI=1S/C16H24N2O4/c1-11(19)10-18-15(20)17-7-8-21-13-6-4-5-12-9-16(2,3)22-14(12)13/h4-6,11,19H,7-10H2,1-3H3,(H2,17,18,20)/t11-/m0/s1. The van der Waals surface area contributed by atoms with Crippen LogP contribution in [0.15, 0.2) is 18.2 Å². The number of carbonyl (C=O) groups excluding carboxylic acids is 1. The topological polar surface area (TPSA) is 79.8 Å². The Balaban J connectivity index is 1.77. The third-order valence-electron chi connectivity index (χ3n) is 3.26. The molecule has 1 aromatic rings. The van der Waals surface area contributed by atoms with Crippen LogP contribution in [-0.2, 0) is 6.42 Å². The lowest BCUT2D eigenvalue weighted by Crippen LogP contribution is -2.40. The second kappa shape index (κ2) is 6.87. The molecule has 122 valence electrons. The highest BCUT2D eigenvalue weighted by atomic mass is 16.5. The fourth-order valence-electron chi connectivity index (χ4n) is 2.33. The first-order chi connectivity index (χ1) is 10.4. The van der Waals surface area contributed by atoms with Crippen LogP contribution in [0.25, 0.3) is 0 Å². The quantitative estimate of drug-likeness (QED) is 0.695. The number of amides is 2. The van der Waals surface area contributed by atoms with Crippen molar-refractivity contribution in [1.82, 2.24) is 10.6 Å². The fraction of sp³-hybridized carbons (Fsp3) is 0.562. The van der Waals surface area contributed by atoms with Gasteiger partial charge in [0.2, 0.25) is 0 Å². The third kappa shape index (κ3) is 4.53. The van der Waals surface area contributed by atoms with Gasteiger partial charge in [0.1, 0.15) is 12.2 Å². The minimum absolute atomic E-state index is 0.207. The van der Waals surface area contributed by atoms with E-state index < -0.39 is 6.10 Å². The smallest absolute Gasteiger partial charge is 0.314 e. The number of para-hydroxylation sites is 1. The molecule has 0 saturated carbocycles. The van der Waals surface area contributed by atoms with Gasteiger partial charge in [-0.15, -0.1) is 0 Å². The van der Waals surface area contributed by atoms with E-state index in [4.69, 9.17) is 14.6 Å². The Morgan fingerprint density at radius 1 is 1.45 bits per heavy atom. The van der Waals surface area contributed by atoms with E-state index in [0.29, 0.717) is 18.9 Å². The first-order valence-corrected chi connectivity index (χ1v) is 7.51. The molecular weight excluding hydrogens is 284 g/mol. The van der Waals surface area contributed by atoms with Crippen LogP contribution >= 0.6 is 0 Å². The monoisotopic (exact) mass is 308 g/mol. The van der Waals surface area contributed by atoms with Gasteiger partial charge in [-0.3, -0.25) is 0 Å². The van der Waals surface area contributed by atoms with Crippen molar-refractivity contribution in [3.8, 4) is 11.5 Å². The van der Waals surface area contributed by atoms with Gasteiger partial charge in [-0.05, 0) is 26.8 Å². The number of rotatable bonds is 6. The van der Waals surface area contributed by atoms with Crippen molar-refractivity contribution in [2.24, 2.45) is 0 Å². The summed E-state index contributed by atoms with van der Waals surface area (Å²) in [6.45, 7) is 6.65. The van der Waals surface area contributed by atoms with Gasteiger partial charge in [0, 0.05) is 18.5 Å². The van der Waals surface area contributed by atoms with E-state index in [1.807, 2.05) is 32.0 Å². The van der Waals surface area contributed by atoms with E-state index in [1.165, 1.54) is 0 Å². The molecule has 0 unspecified atom stereocenters. The van der Waals surface area contributed by atoms with Crippen LogP contribution in [0.1, 0.15) is 26.3 Å². The van der Waals surface area contributed by atoms with Crippen LogP contribution in [0.5, 0.6) is 11.5 Å². The minimum Gasteiger partial charge on any atom is -0.488 e. The summed E-state index contributed by atoms with van der Waals surface area (Å²) in [7, 11) is 0. The van der Waals surface area contributed by atoms with Crippen molar-refractivity contribution < 1.29 is 19.4 Å². The van der Waals surface area contributed by atoms with E-state index in [0.717, 1.165) is 17.7 Å². The highest BCUT2D eigenvalue weighted by Crippen LogP contribution is 2.41. The zero-order valence-corrected chi connectivity index (χ0v) is 13.3. The SMILES string of the molecule is C[C@H](O)CNC(=O)NCCOc1cccc2c1OC(C)(C)C2. The molecule has 6 nitrogen and oxygen atoms in total. The molecule has 6 heteroatoms. The number of benzene rings is 1. The summed E-state index contributed by atoms with van der Waals surface area (Å²) >= 11 is 0. The average Bonchev–Trinajstić information content (AvgIpc) is 2.76. The Bertz CT molecular complexity index is 529. The minimum atomic E-state index is -0.561. The van der Waals surface area contributed by atoms with Crippen LogP contribution in [0.4, 0.5) is 4.79 Å². The Kier molecular flexibility index (Phi) is 5.13. The molecule has 1 heterocycles. The van der Waals surface area contributed by atoms with Gasteiger partial charge in [0.25, 0.3) is 0 Å². The number of fused-ring (bicyclic) bond motifs is 1. The Hall–Kier alpha value is -1.95. The molecule has 1 aliphatic rings. The highest BCUT2D eigenvalue weighted by molar-refractivity contribution is 5.73. The van der Waals surface area contributed by atoms with E-state index in [9.17, 15) is 4.79 Å². The van der Waals surface area contributed by atoms with Crippen molar-refractivity contribution in [2.45, 2.75) is 38.9 Å². The number of hydrogen-bond acceptors (Lipinski definition) is 4. The summed E-state index contributed by atoms with van der Waals surface area (Å²) < 4.78 is 11.6. The van der Waals surface area contributed by atoms with Gasteiger partial charge in [-0.2, -0.15) is 0 Å². The van der Waals surface area contributed by atoms with E-state index in [1.54, 1.807) is 6.92 Å². The number of carbonyl (C=O) groups is 1. The molecule has 0 aromatic heterocycles. The molecule has 1 aliphatic heterocycles. The summed E-state index contributed by atoms with van der Waals surface area (Å²) in [6.07, 6.45) is 0.300. The lowest BCUT2D eigenvalue weighted by molar-refractivity contribution is 0.132. The van der Waals surface area contributed by atoms with Crippen LogP contribution < -0.4 is 20.1 Å². The molecule has 22 heavy (non-hydrogen) atoms. The summed E-state index contributed by atoms with van der Waals surface area (Å²) in [5.41, 5.74) is 0.936. The molecule has 0 saturated heterocycles. The molecule has 2 amide bonds. The number of ether oxygens (including phenoxy) is 2. The summed E-state index contributed by atoms with van der Waals surface area (Å²) in [6, 6.07) is 5.54. The van der Waals surface area contributed by atoms with Crippen molar-refractivity contribution in [2.75, 3.05) is 19.7 Å². The first kappa shape index (κ1) is 16.4. The molecule has 0 spiro atoms. The van der Waals surface area contributed by atoms with Crippen molar-refractivity contribution in [3.63, 3.8) is 0 Å². The van der Waals surface area contributed by atoms with Gasteiger partial charge < -0.3 is 25.2 Å². The predicted molar refractivity (Wildman–Crippen MR) is 83.4 cm³/mol. The van der Waals surface area contributed by atoms with Crippen molar-refractivity contribution in [3.05, 3.63) is 23.8 Å². The summed E-state index contributed by atoms with van der Waals surface area (Å²) in [5.74, 6) is 1.50. The number of urea groups is 1. The van der Waals surface area contributed by atoms with Gasteiger partial charge in [0.05, 0.1) is 12.6 Å². The zero-order chi connectivity index (χ0) is 16.2. The maximum atomic E-state index is 11.4. The van der Waals surface area contributed by atoms with Crippen LogP contribution in [0.3, 0.4) is 0 Å². The van der Waals surface area contributed by atoms with Crippen LogP contribution in [-0.4, -0.2) is 42.5 Å². The summed E-state index contributed by atoms with van der Waals surface area (Å²) in [5, 5.41) is 14.3. The van der Waals surface area contributed by atoms with E-state index in [2.05, 4.69) is 10.6 Å². The fourth-order valence-corrected chi connectivity index (χ4v) is 2.33. The van der Waals surface area contributed by atoms with Crippen molar-refractivity contribution in [1.29, 1.82) is 0 Å². The Labute approximate surface area is 130 Å². The second-order valence-corrected chi connectivity index (χ2v) is 6.12. The van der Waals surface area contributed by atoms with E-state index >= 15 is 0 Å². The molecule has 1 aromatic carbocycles. The number of nitrogens with one attached hydrogen (secondary N) is 2. The number of aliphatic hydroxyl groups is 1. The highest BCUT2D eigenvalue weighted by Gasteiger charge is 2.32. The molecule has 1 atom stereocenters. The number of hydrogen-bond donors (Lipinski definition) is 3. The maximum absolute atomic E-state index is 11.4. The Morgan fingerprint density at radius 3 is 2.95 bits per heavy atom. The molecule has 0 radical (unpaired) electrons. The lowest BCUT2D eigenvalue weighted by Gasteiger charge is -2.18. The van der Waals surface area contributed by atoms with Crippen molar-refractivity contribution >= 4 is 6.03 Å². The summed E-state index contributed by atoms with van der Waals surface area (Å²) in [4.78, 5) is 11.4. The van der Waals surface area contributed by atoms with Crippen LogP contribution in [0, 0.1) is 0 Å². The normalized spacial score (nSPS) is 16.4. The molecule has 0 fully saturated rings. The van der Waals surface area contributed by atoms with E-state index in [-0.39, 0.29) is 18.2 Å². The molecule has 0 bridgehead atoms. The Morgan fingerprint density at radius 2 is 2.23 bits per heavy atom. The molecule has 0 aliphatic carbocycles. The molecular formula is C16H24N2O4. The molecule has 3 N–H and O–H groups in total.